The highest BCUT2D eigenvalue weighted by atomic mass is 16.3. The summed E-state index contributed by atoms with van der Waals surface area (Å²) >= 11 is 0. The van der Waals surface area contributed by atoms with Crippen molar-refractivity contribution in [3.63, 3.8) is 0 Å². The minimum Gasteiger partial charge on any atom is -0.459 e. The molecule has 0 saturated carbocycles. The summed E-state index contributed by atoms with van der Waals surface area (Å²) in [6.45, 7) is 0.666. The molecular weight excluding hydrogens is 228 g/mol. The van der Waals surface area contributed by atoms with E-state index in [-0.39, 0.29) is 5.91 Å². The van der Waals surface area contributed by atoms with Crippen LogP contribution in [0.1, 0.15) is 29.0 Å². The molecule has 0 unspecified atom stereocenters. The van der Waals surface area contributed by atoms with E-state index in [4.69, 9.17) is 4.42 Å². The van der Waals surface area contributed by atoms with Crippen molar-refractivity contribution in [2.45, 2.75) is 19.3 Å². The zero-order valence-corrected chi connectivity index (χ0v) is 10.1. The number of amides is 1. The molecule has 2 rings (SSSR count). The Labute approximate surface area is 106 Å². The van der Waals surface area contributed by atoms with Gasteiger partial charge in [-0.2, -0.15) is 0 Å². The minimum atomic E-state index is -0.152. The fraction of sp³-hybridized carbons (Fsp3) is 0.286. The Morgan fingerprint density at radius 3 is 2.94 bits per heavy atom. The standard InChI is InChI=1S/C14H16N2O2/c17-14(13-7-4-10-18-13)16-9-2-1-5-12-6-3-8-15-11-12/h3-4,6-8,10-11H,1-2,5,9H2,(H,16,17). The van der Waals surface area contributed by atoms with Crippen molar-refractivity contribution in [2.24, 2.45) is 0 Å². The van der Waals surface area contributed by atoms with Gasteiger partial charge in [0, 0.05) is 18.9 Å². The van der Waals surface area contributed by atoms with Crippen LogP contribution in [-0.2, 0) is 6.42 Å². The van der Waals surface area contributed by atoms with Crippen LogP contribution in [0.3, 0.4) is 0 Å². The van der Waals surface area contributed by atoms with E-state index in [1.165, 1.54) is 11.8 Å². The highest BCUT2D eigenvalue weighted by Gasteiger charge is 2.06. The van der Waals surface area contributed by atoms with Crippen molar-refractivity contribution < 1.29 is 9.21 Å². The number of nitrogens with one attached hydrogen (secondary N) is 1. The molecule has 0 saturated heterocycles. The lowest BCUT2D eigenvalue weighted by Crippen LogP contribution is -2.23. The highest BCUT2D eigenvalue weighted by Crippen LogP contribution is 2.03. The Kier molecular flexibility index (Phi) is 4.53. The molecule has 0 aliphatic carbocycles. The highest BCUT2D eigenvalue weighted by molar-refractivity contribution is 5.91. The fourth-order valence-corrected chi connectivity index (χ4v) is 1.70. The number of aryl methyl sites for hydroxylation is 1. The van der Waals surface area contributed by atoms with E-state index in [9.17, 15) is 4.79 Å². The van der Waals surface area contributed by atoms with Gasteiger partial charge in [-0.1, -0.05) is 6.07 Å². The van der Waals surface area contributed by atoms with Crippen LogP contribution in [0.4, 0.5) is 0 Å². The van der Waals surface area contributed by atoms with Crippen molar-refractivity contribution >= 4 is 5.91 Å². The molecule has 2 heterocycles. The normalized spacial score (nSPS) is 10.2. The van der Waals surface area contributed by atoms with Gasteiger partial charge in [-0.25, -0.2) is 0 Å². The molecule has 94 valence electrons. The molecule has 0 bridgehead atoms. The van der Waals surface area contributed by atoms with Gasteiger partial charge in [0.1, 0.15) is 0 Å². The maximum absolute atomic E-state index is 11.5. The minimum absolute atomic E-state index is 0.152. The average molecular weight is 244 g/mol. The number of carbonyl (C=O) groups is 1. The number of unbranched alkanes of at least 4 members (excludes halogenated alkanes) is 1. The van der Waals surface area contributed by atoms with E-state index in [1.54, 1.807) is 18.3 Å². The lowest BCUT2D eigenvalue weighted by atomic mass is 10.1. The Hall–Kier alpha value is -2.10. The third-order valence-electron chi connectivity index (χ3n) is 2.65. The zero-order valence-electron chi connectivity index (χ0n) is 10.1. The van der Waals surface area contributed by atoms with E-state index >= 15 is 0 Å². The van der Waals surface area contributed by atoms with Gasteiger partial charge >= 0.3 is 0 Å². The average Bonchev–Trinajstić information content (AvgIpc) is 2.93. The monoisotopic (exact) mass is 244 g/mol. The maximum Gasteiger partial charge on any atom is 0.286 e. The Morgan fingerprint density at radius 2 is 2.22 bits per heavy atom. The van der Waals surface area contributed by atoms with Crippen LogP contribution in [0.25, 0.3) is 0 Å². The van der Waals surface area contributed by atoms with Crippen LogP contribution >= 0.6 is 0 Å². The first kappa shape index (κ1) is 12.4. The predicted octanol–water partition coefficient (Wildman–Crippen LogP) is 2.43. The predicted molar refractivity (Wildman–Crippen MR) is 68.2 cm³/mol. The maximum atomic E-state index is 11.5. The summed E-state index contributed by atoms with van der Waals surface area (Å²) < 4.78 is 5.00. The SMILES string of the molecule is O=C(NCCCCc1cccnc1)c1ccco1. The largest absolute Gasteiger partial charge is 0.459 e. The second kappa shape index (κ2) is 6.59. The number of furan rings is 1. The van der Waals surface area contributed by atoms with E-state index in [1.807, 2.05) is 12.3 Å². The third kappa shape index (κ3) is 3.73. The van der Waals surface area contributed by atoms with E-state index in [0.717, 1.165) is 19.3 Å². The number of hydrogen-bond acceptors (Lipinski definition) is 3. The van der Waals surface area contributed by atoms with Gasteiger partial charge < -0.3 is 9.73 Å². The molecule has 0 atom stereocenters. The van der Waals surface area contributed by atoms with E-state index < -0.39 is 0 Å². The van der Waals surface area contributed by atoms with Gasteiger partial charge in [0.05, 0.1) is 6.26 Å². The van der Waals surface area contributed by atoms with Crippen LogP contribution in [-0.4, -0.2) is 17.4 Å². The molecule has 0 fully saturated rings. The van der Waals surface area contributed by atoms with Crippen LogP contribution < -0.4 is 5.32 Å². The molecule has 4 heteroatoms. The molecule has 1 N–H and O–H groups in total. The van der Waals surface area contributed by atoms with Gasteiger partial charge in [-0.3, -0.25) is 9.78 Å². The lowest BCUT2D eigenvalue weighted by molar-refractivity contribution is 0.0925. The quantitative estimate of drug-likeness (QED) is 0.794. The number of carbonyl (C=O) groups excluding carboxylic acids is 1. The smallest absolute Gasteiger partial charge is 0.286 e. The van der Waals surface area contributed by atoms with Gasteiger partial charge in [-0.05, 0) is 43.0 Å². The summed E-state index contributed by atoms with van der Waals surface area (Å²) in [4.78, 5) is 15.6. The van der Waals surface area contributed by atoms with Crippen molar-refractivity contribution in [2.75, 3.05) is 6.54 Å². The first-order valence-electron chi connectivity index (χ1n) is 6.07. The summed E-state index contributed by atoms with van der Waals surface area (Å²) in [5, 5.41) is 2.82. The molecule has 0 aromatic carbocycles. The first-order valence-corrected chi connectivity index (χ1v) is 6.07. The number of hydrogen-bond donors (Lipinski definition) is 1. The molecule has 2 aromatic rings. The summed E-state index contributed by atoms with van der Waals surface area (Å²) in [7, 11) is 0. The van der Waals surface area contributed by atoms with Gasteiger partial charge in [0.2, 0.25) is 0 Å². The molecule has 0 aliphatic rings. The lowest BCUT2D eigenvalue weighted by Gasteiger charge is -2.03. The number of pyridine rings is 1. The van der Waals surface area contributed by atoms with Crippen LogP contribution in [0.5, 0.6) is 0 Å². The molecule has 1 amide bonds. The van der Waals surface area contributed by atoms with Gasteiger partial charge in [0.15, 0.2) is 5.76 Å². The Bertz CT molecular complexity index is 466. The molecule has 18 heavy (non-hydrogen) atoms. The second-order valence-electron chi connectivity index (χ2n) is 4.05. The van der Waals surface area contributed by atoms with Crippen molar-refractivity contribution in [1.82, 2.24) is 10.3 Å². The summed E-state index contributed by atoms with van der Waals surface area (Å²) in [5.74, 6) is 0.212. The van der Waals surface area contributed by atoms with Crippen LogP contribution in [0, 0.1) is 0 Å². The topological polar surface area (TPSA) is 55.1 Å². The third-order valence-corrected chi connectivity index (χ3v) is 2.65. The molecule has 0 radical (unpaired) electrons. The number of nitrogens with zero attached hydrogens (tertiary/aromatic N) is 1. The van der Waals surface area contributed by atoms with Crippen LogP contribution in [0.15, 0.2) is 47.3 Å². The molecular formula is C14H16N2O2. The Balaban J connectivity index is 1.61. The van der Waals surface area contributed by atoms with Crippen molar-refractivity contribution in [3.8, 4) is 0 Å². The van der Waals surface area contributed by atoms with Gasteiger partial charge in [0.25, 0.3) is 5.91 Å². The fourth-order valence-electron chi connectivity index (χ4n) is 1.70. The zero-order chi connectivity index (χ0) is 12.6. The van der Waals surface area contributed by atoms with Crippen molar-refractivity contribution in [1.29, 1.82) is 0 Å². The van der Waals surface area contributed by atoms with E-state index in [0.29, 0.717) is 12.3 Å². The molecule has 4 nitrogen and oxygen atoms in total. The molecule has 0 spiro atoms. The Morgan fingerprint density at radius 1 is 1.28 bits per heavy atom. The van der Waals surface area contributed by atoms with Gasteiger partial charge in [-0.15, -0.1) is 0 Å². The second-order valence-corrected chi connectivity index (χ2v) is 4.05. The van der Waals surface area contributed by atoms with Crippen molar-refractivity contribution in [3.05, 3.63) is 54.2 Å². The van der Waals surface area contributed by atoms with Crippen LogP contribution in [0.2, 0.25) is 0 Å². The summed E-state index contributed by atoms with van der Waals surface area (Å²) in [6.07, 6.45) is 8.11. The molecule has 0 aliphatic heterocycles. The summed E-state index contributed by atoms with van der Waals surface area (Å²) in [5.41, 5.74) is 1.23. The number of aromatic nitrogens is 1. The molecule has 2 aromatic heterocycles. The first-order chi connectivity index (χ1) is 8.86. The van der Waals surface area contributed by atoms with E-state index in [2.05, 4.69) is 16.4 Å². The number of rotatable bonds is 6. The summed E-state index contributed by atoms with van der Waals surface area (Å²) in [6, 6.07) is 7.37.